The van der Waals surface area contributed by atoms with Gasteiger partial charge in [0.05, 0.1) is 0 Å². The molecule has 0 atom stereocenters. The Morgan fingerprint density at radius 3 is 2.40 bits per heavy atom. The predicted molar refractivity (Wildman–Crippen MR) is 65.3 cm³/mol. The summed E-state index contributed by atoms with van der Waals surface area (Å²) in [5.74, 6) is 1.95. The van der Waals surface area contributed by atoms with Crippen LogP contribution >= 0.6 is 11.8 Å². The van der Waals surface area contributed by atoms with Crippen LogP contribution in [0.15, 0.2) is 24.3 Å². The Kier molecular flexibility index (Phi) is 3.35. The van der Waals surface area contributed by atoms with Crippen LogP contribution in [0.25, 0.3) is 0 Å². The molecule has 1 aromatic rings. The fourth-order valence-electron chi connectivity index (χ4n) is 1.99. The maximum atomic E-state index is 14.3. The van der Waals surface area contributed by atoms with Gasteiger partial charge in [-0.15, -0.1) is 0 Å². The largest absolute Gasteiger partial charge is 0.243 e. The maximum absolute atomic E-state index is 14.3. The van der Waals surface area contributed by atoms with Gasteiger partial charge in [-0.2, -0.15) is 11.8 Å². The quantitative estimate of drug-likeness (QED) is 0.737. The van der Waals surface area contributed by atoms with Gasteiger partial charge < -0.3 is 0 Å². The summed E-state index contributed by atoms with van der Waals surface area (Å²) in [6, 6.07) is 8.24. The van der Waals surface area contributed by atoms with Crippen molar-refractivity contribution < 1.29 is 4.39 Å². The van der Waals surface area contributed by atoms with Crippen molar-refractivity contribution in [1.29, 1.82) is 0 Å². The predicted octanol–water partition coefficient (Wildman–Crippen LogP) is 3.77. The van der Waals surface area contributed by atoms with E-state index in [1.807, 2.05) is 11.8 Å². The fourth-order valence-corrected chi connectivity index (χ4v) is 3.21. The summed E-state index contributed by atoms with van der Waals surface area (Å²) in [6.07, 6.45) is 2.02. The van der Waals surface area contributed by atoms with Crippen LogP contribution in [0, 0.1) is 6.92 Å². The molecule has 1 aliphatic heterocycles. The smallest absolute Gasteiger partial charge is 0.116 e. The number of hydrogen-bond donors (Lipinski definition) is 0. The molecule has 0 bridgehead atoms. The Hall–Kier alpha value is -0.500. The summed E-state index contributed by atoms with van der Waals surface area (Å²) in [7, 11) is 0. The minimum Gasteiger partial charge on any atom is -0.243 e. The molecule has 0 spiro atoms. The Balaban J connectivity index is 2.03. The van der Waals surface area contributed by atoms with E-state index in [0.717, 1.165) is 17.1 Å². The Labute approximate surface area is 95.3 Å². The van der Waals surface area contributed by atoms with Crippen LogP contribution in [0.4, 0.5) is 4.39 Å². The normalized spacial score (nSPS) is 20.1. The molecule has 0 N–H and O–H groups in total. The lowest BCUT2D eigenvalue weighted by molar-refractivity contribution is 0.150. The van der Waals surface area contributed by atoms with E-state index in [2.05, 4.69) is 31.2 Å². The van der Waals surface area contributed by atoms with Crippen LogP contribution in [-0.4, -0.2) is 17.2 Å². The maximum Gasteiger partial charge on any atom is 0.116 e. The number of alkyl halides is 1. The molecule has 0 unspecified atom stereocenters. The first-order chi connectivity index (χ1) is 7.18. The highest BCUT2D eigenvalue weighted by atomic mass is 32.2. The van der Waals surface area contributed by atoms with Gasteiger partial charge in [-0.1, -0.05) is 29.8 Å². The summed E-state index contributed by atoms with van der Waals surface area (Å²) < 4.78 is 14.3. The second kappa shape index (κ2) is 4.56. The first kappa shape index (κ1) is 11.0. The van der Waals surface area contributed by atoms with E-state index in [1.165, 1.54) is 5.56 Å². The number of aryl methyl sites for hydroxylation is 1. The van der Waals surface area contributed by atoms with Crippen molar-refractivity contribution in [2.75, 3.05) is 11.5 Å². The average Bonchev–Trinajstić information content (AvgIpc) is 2.22. The van der Waals surface area contributed by atoms with E-state index in [4.69, 9.17) is 0 Å². The van der Waals surface area contributed by atoms with Crippen LogP contribution in [0.1, 0.15) is 24.0 Å². The monoisotopic (exact) mass is 224 g/mol. The molecule has 1 aromatic carbocycles. The van der Waals surface area contributed by atoms with Crippen molar-refractivity contribution in [2.45, 2.75) is 31.9 Å². The lowest BCUT2D eigenvalue weighted by atomic mass is 9.90. The molecule has 1 fully saturated rings. The first-order valence-electron chi connectivity index (χ1n) is 5.50. The lowest BCUT2D eigenvalue weighted by Crippen LogP contribution is -2.30. The highest BCUT2D eigenvalue weighted by Gasteiger charge is 2.31. The first-order valence-corrected chi connectivity index (χ1v) is 6.66. The van der Waals surface area contributed by atoms with Gasteiger partial charge in [-0.05, 0) is 36.8 Å². The third-order valence-electron chi connectivity index (χ3n) is 3.03. The molecule has 0 aliphatic carbocycles. The van der Waals surface area contributed by atoms with Crippen LogP contribution in [0.2, 0.25) is 0 Å². The summed E-state index contributed by atoms with van der Waals surface area (Å²) in [6.45, 7) is 2.06. The lowest BCUT2D eigenvalue weighted by Gasteiger charge is -2.29. The highest BCUT2D eigenvalue weighted by molar-refractivity contribution is 7.99. The standard InChI is InChI=1S/C13H17FS/c1-11-2-4-12(5-3-11)10-13(14)6-8-15-9-7-13/h2-5H,6-10H2,1H3. The van der Waals surface area contributed by atoms with Gasteiger partial charge in [0.2, 0.25) is 0 Å². The van der Waals surface area contributed by atoms with E-state index in [-0.39, 0.29) is 0 Å². The van der Waals surface area contributed by atoms with Gasteiger partial charge in [0.15, 0.2) is 0 Å². The SMILES string of the molecule is Cc1ccc(CC2(F)CCSCC2)cc1. The molecule has 0 saturated carbocycles. The van der Waals surface area contributed by atoms with Crippen molar-refractivity contribution in [3.05, 3.63) is 35.4 Å². The second-order valence-corrected chi connectivity index (χ2v) is 5.65. The zero-order valence-corrected chi connectivity index (χ0v) is 9.95. The third-order valence-corrected chi connectivity index (χ3v) is 4.02. The topological polar surface area (TPSA) is 0 Å². The van der Waals surface area contributed by atoms with Crippen LogP contribution in [0.3, 0.4) is 0 Å². The highest BCUT2D eigenvalue weighted by Crippen LogP contribution is 2.33. The van der Waals surface area contributed by atoms with Gasteiger partial charge >= 0.3 is 0 Å². The van der Waals surface area contributed by atoms with Crippen molar-refractivity contribution >= 4 is 11.8 Å². The summed E-state index contributed by atoms with van der Waals surface area (Å²) in [4.78, 5) is 0. The van der Waals surface area contributed by atoms with Crippen molar-refractivity contribution in [3.8, 4) is 0 Å². The summed E-state index contributed by atoms with van der Waals surface area (Å²) >= 11 is 1.87. The zero-order chi connectivity index (χ0) is 10.7. The van der Waals surface area contributed by atoms with Crippen molar-refractivity contribution in [3.63, 3.8) is 0 Å². The van der Waals surface area contributed by atoms with E-state index in [9.17, 15) is 4.39 Å². The van der Waals surface area contributed by atoms with Crippen LogP contribution in [0.5, 0.6) is 0 Å². The number of thioether (sulfide) groups is 1. The molecule has 0 radical (unpaired) electrons. The molecule has 0 amide bonds. The molecular weight excluding hydrogens is 207 g/mol. The number of rotatable bonds is 2. The molecule has 15 heavy (non-hydrogen) atoms. The van der Waals surface area contributed by atoms with Crippen LogP contribution in [-0.2, 0) is 6.42 Å². The van der Waals surface area contributed by atoms with Gasteiger partial charge in [0.1, 0.15) is 5.67 Å². The Bertz CT molecular complexity index is 312. The average molecular weight is 224 g/mol. The molecule has 1 heterocycles. The second-order valence-electron chi connectivity index (χ2n) is 4.43. The number of halogens is 1. The third kappa shape index (κ3) is 2.97. The molecule has 2 rings (SSSR count). The Morgan fingerprint density at radius 1 is 1.20 bits per heavy atom. The Morgan fingerprint density at radius 2 is 1.80 bits per heavy atom. The molecule has 82 valence electrons. The number of hydrogen-bond acceptors (Lipinski definition) is 1. The minimum absolute atomic E-state index is 0.591. The molecular formula is C13H17FS. The van der Waals surface area contributed by atoms with Crippen molar-refractivity contribution in [2.24, 2.45) is 0 Å². The number of benzene rings is 1. The van der Waals surface area contributed by atoms with E-state index in [0.29, 0.717) is 19.3 Å². The van der Waals surface area contributed by atoms with Gasteiger partial charge in [0, 0.05) is 6.42 Å². The summed E-state index contributed by atoms with van der Waals surface area (Å²) in [5.41, 5.74) is 1.43. The van der Waals surface area contributed by atoms with Crippen molar-refractivity contribution in [1.82, 2.24) is 0 Å². The van der Waals surface area contributed by atoms with E-state index >= 15 is 0 Å². The minimum atomic E-state index is -0.944. The van der Waals surface area contributed by atoms with E-state index in [1.54, 1.807) is 0 Å². The molecule has 0 nitrogen and oxygen atoms in total. The van der Waals surface area contributed by atoms with E-state index < -0.39 is 5.67 Å². The summed E-state index contributed by atoms with van der Waals surface area (Å²) in [5, 5.41) is 0. The van der Waals surface area contributed by atoms with Crippen LogP contribution < -0.4 is 0 Å². The molecule has 2 heteroatoms. The van der Waals surface area contributed by atoms with Gasteiger partial charge in [-0.25, -0.2) is 4.39 Å². The fraction of sp³-hybridized carbons (Fsp3) is 0.538. The van der Waals surface area contributed by atoms with Gasteiger partial charge in [0.25, 0.3) is 0 Å². The zero-order valence-electron chi connectivity index (χ0n) is 9.13. The van der Waals surface area contributed by atoms with Gasteiger partial charge in [-0.3, -0.25) is 0 Å². The molecule has 1 aliphatic rings. The molecule has 0 aromatic heterocycles. The molecule has 1 saturated heterocycles.